The van der Waals surface area contributed by atoms with Crippen LogP contribution in [0.4, 0.5) is 4.39 Å². The fourth-order valence-corrected chi connectivity index (χ4v) is 1.55. The van der Waals surface area contributed by atoms with E-state index in [9.17, 15) is 9.18 Å². The molecule has 0 bridgehead atoms. The van der Waals surface area contributed by atoms with E-state index in [0.29, 0.717) is 0 Å². The molecule has 0 spiro atoms. The normalized spacial score (nSPS) is 10.1. The van der Waals surface area contributed by atoms with Crippen molar-refractivity contribution < 1.29 is 19.4 Å². The lowest BCUT2D eigenvalue weighted by atomic mass is 10.2. The summed E-state index contributed by atoms with van der Waals surface area (Å²) in [6.07, 6.45) is 0. The van der Waals surface area contributed by atoms with Crippen molar-refractivity contribution in [2.24, 2.45) is 0 Å². The first-order chi connectivity index (χ1) is 5.95. The quantitative estimate of drug-likeness (QED) is 0.618. The second-order valence-corrected chi connectivity index (χ2v) is 3.72. The Kier molecular flexibility index (Phi) is 2.97. The van der Waals surface area contributed by atoms with Gasteiger partial charge in [0.2, 0.25) is 0 Å². The predicted molar refractivity (Wildman–Crippen MR) is 52.8 cm³/mol. The van der Waals surface area contributed by atoms with Crippen LogP contribution in [0.25, 0.3) is 0 Å². The fourth-order valence-electron chi connectivity index (χ4n) is 0.781. The van der Waals surface area contributed by atoms with Crippen LogP contribution in [0.15, 0.2) is 6.07 Å². The lowest BCUT2D eigenvalue weighted by Gasteiger charge is -2.04. The van der Waals surface area contributed by atoms with Gasteiger partial charge in [0.1, 0.15) is 5.56 Å². The zero-order valence-electron chi connectivity index (χ0n) is 6.01. The van der Waals surface area contributed by atoms with Crippen molar-refractivity contribution >= 4 is 40.2 Å². The van der Waals surface area contributed by atoms with Gasteiger partial charge < -0.3 is 10.2 Å². The first-order valence-corrected chi connectivity index (χ1v) is 4.50. The molecule has 2 N–H and O–H groups in total. The molecule has 0 saturated heterocycles. The molecular formula is C7H3ClFIO3. The molecule has 70 valence electrons. The zero-order chi connectivity index (χ0) is 10.2. The molecule has 6 heteroatoms. The molecular weight excluding hydrogens is 313 g/mol. The van der Waals surface area contributed by atoms with Crippen LogP contribution in [-0.2, 0) is 0 Å². The van der Waals surface area contributed by atoms with Crippen molar-refractivity contribution in [3.05, 3.63) is 26.0 Å². The third-order valence-corrected chi connectivity index (χ3v) is 2.92. The molecule has 3 nitrogen and oxygen atoms in total. The standard InChI is InChI=1S/C7H3ClFIO3/c8-5-3(10)1-2(9)6(11)4(5)7(12)13/h1,11H,(H,12,13). The van der Waals surface area contributed by atoms with E-state index in [4.69, 9.17) is 21.8 Å². The lowest BCUT2D eigenvalue weighted by Crippen LogP contribution is -2.01. The third kappa shape index (κ3) is 1.86. The van der Waals surface area contributed by atoms with Gasteiger partial charge in [0.05, 0.1) is 5.02 Å². The Bertz CT molecular complexity index is 354. The van der Waals surface area contributed by atoms with Gasteiger partial charge in [-0.3, -0.25) is 0 Å². The maximum atomic E-state index is 12.8. The molecule has 1 aromatic rings. The number of aromatic hydroxyl groups is 1. The van der Waals surface area contributed by atoms with Crippen molar-refractivity contribution in [3.63, 3.8) is 0 Å². The van der Waals surface area contributed by atoms with Gasteiger partial charge in [-0.2, -0.15) is 0 Å². The summed E-state index contributed by atoms with van der Waals surface area (Å²) >= 11 is 7.23. The summed E-state index contributed by atoms with van der Waals surface area (Å²) in [4.78, 5) is 10.5. The molecule has 0 aliphatic carbocycles. The highest BCUT2D eigenvalue weighted by Crippen LogP contribution is 2.32. The van der Waals surface area contributed by atoms with Gasteiger partial charge in [0, 0.05) is 3.57 Å². The van der Waals surface area contributed by atoms with Crippen LogP contribution >= 0.6 is 34.2 Å². The molecule has 0 aliphatic rings. The fraction of sp³-hybridized carbons (Fsp3) is 0. The van der Waals surface area contributed by atoms with Crippen LogP contribution < -0.4 is 0 Å². The van der Waals surface area contributed by atoms with Gasteiger partial charge in [0.25, 0.3) is 0 Å². The molecule has 13 heavy (non-hydrogen) atoms. The number of rotatable bonds is 1. The van der Waals surface area contributed by atoms with E-state index in [1.165, 1.54) is 0 Å². The van der Waals surface area contributed by atoms with Gasteiger partial charge >= 0.3 is 5.97 Å². The van der Waals surface area contributed by atoms with Gasteiger partial charge in [-0.15, -0.1) is 0 Å². The average Bonchev–Trinajstić information content (AvgIpc) is 2.01. The summed E-state index contributed by atoms with van der Waals surface area (Å²) in [6.45, 7) is 0. The average molecular weight is 316 g/mol. The maximum absolute atomic E-state index is 12.8. The lowest BCUT2D eigenvalue weighted by molar-refractivity contribution is 0.0693. The van der Waals surface area contributed by atoms with Gasteiger partial charge in [0.15, 0.2) is 11.6 Å². The first kappa shape index (κ1) is 10.5. The molecule has 0 aliphatic heterocycles. The molecule has 0 aromatic heterocycles. The van der Waals surface area contributed by atoms with E-state index < -0.39 is 23.1 Å². The largest absolute Gasteiger partial charge is 0.504 e. The van der Waals surface area contributed by atoms with E-state index in [1.54, 1.807) is 22.6 Å². The summed E-state index contributed by atoms with van der Waals surface area (Å²) in [5.41, 5.74) is -0.605. The summed E-state index contributed by atoms with van der Waals surface area (Å²) in [6, 6.07) is 0.963. The van der Waals surface area contributed by atoms with Crippen molar-refractivity contribution in [1.82, 2.24) is 0 Å². The first-order valence-electron chi connectivity index (χ1n) is 3.05. The number of hydrogen-bond acceptors (Lipinski definition) is 2. The Labute approximate surface area is 91.3 Å². The topological polar surface area (TPSA) is 57.5 Å². The molecule has 1 aromatic carbocycles. The van der Waals surface area contributed by atoms with E-state index in [-0.39, 0.29) is 8.59 Å². The van der Waals surface area contributed by atoms with Crippen LogP contribution in [0.1, 0.15) is 10.4 Å². The van der Waals surface area contributed by atoms with Crippen molar-refractivity contribution in [2.45, 2.75) is 0 Å². The summed E-state index contributed by atoms with van der Waals surface area (Å²) in [7, 11) is 0. The Hall–Kier alpha value is -0.560. The van der Waals surface area contributed by atoms with Gasteiger partial charge in [-0.25, -0.2) is 9.18 Å². The molecule has 0 heterocycles. The van der Waals surface area contributed by atoms with E-state index in [2.05, 4.69) is 0 Å². The minimum Gasteiger partial charge on any atom is -0.504 e. The Morgan fingerprint density at radius 3 is 2.62 bits per heavy atom. The predicted octanol–water partition coefficient (Wildman–Crippen LogP) is 2.49. The number of carboxylic acid groups (broad SMARTS) is 1. The van der Waals surface area contributed by atoms with Crippen LogP contribution in [-0.4, -0.2) is 16.2 Å². The highest BCUT2D eigenvalue weighted by atomic mass is 127. The van der Waals surface area contributed by atoms with Crippen molar-refractivity contribution in [2.75, 3.05) is 0 Å². The number of carboxylic acids is 1. The molecule has 0 fully saturated rings. The number of hydrogen-bond donors (Lipinski definition) is 2. The molecule has 0 radical (unpaired) electrons. The van der Waals surface area contributed by atoms with Crippen LogP contribution in [0.3, 0.4) is 0 Å². The molecule has 0 unspecified atom stereocenters. The molecule has 1 rings (SSSR count). The van der Waals surface area contributed by atoms with E-state index in [1.807, 2.05) is 0 Å². The Morgan fingerprint density at radius 2 is 2.15 bits per heavy atom. The Morgan fingerprint density at radius 1 is 1.62 bits per heavy atom. The van der Waals surface area contributed by atoms with E-state index in [0.717, 1.165) is 6.07 Å². The highest BCUT2D eigenvalue weighted by Gasteiger charge is 2.20. The number of carbonyl (C=O) groups is 1. The second-order valence-electron chi connectivity index (χ2n) is 2.18. The van der Waals surface area contributed by atoms with Gasteiger partial charge in [-0.1, -0.05) is 11.6 Å². The van der Waals surface area contributed by atoms with Crippen LogP contribution in [0, 0.1) is 9.39 Å². The minimum absolute atomic E-state index is 0.160. The number of aromatic carboxylic acids is 1. The molecule has 0 saturated carbocycles. The zero-order valence-corrected chi connectivity index (χ0v) is 8.93. The van der Waals surface area contributed by atoms with Gasteiger partial charge in [-0.05, 0) is 28.7 Å². The maximum Gasteiger partial charge on any atom is 0.341 e. The third-order valence-electron chi connectivity index (χ3n) is 1.36. The highest BCUT2D eigenvalue weighted by molar-refractivity contribution is 14.1. The number of halogens is 3. The van der Waals surface area contributed by atoms with Crippen molar-refractivity contribution in [1.29, 1.82) is 0 Å². The number of phenols is 1. The van der Waals surface area contributed by atoms with Crippen LogP contribution in [0.5, 0.6) is 5.75 Å². The monoisotopic (exact) mass is 316 g/mol. The number of benzene rings is 1. The second kappa shape index (κ2) is 3.67. The summed E-state index contributed by atoms with van der Waals surface area (Å²) < 4.78 is 13.0. The Balaban J connectivity index is 3.56. The summed E-state index contributed by atoms with van der Waals surface area (Å²) in [5, 5.41) is 17.5. The van der Waals surface area contributed by atoms with Crippen LogP contribution in [0.2, 0.25) is 5.02 Å². The minimum atomic E-state index is -1.46. The van der Waals surface area contributed by atoms with Crippen molar-refractivity contribution in [3.8, 4) is 5.75 Å². The van der Waals surface area contributed by atoms with E-state index >= 15 is 0 Å². The summed E-state index contributed by atoms with van der Waals surface area (Å²) in [5.74, 6) is -3.39. The SMILES string of the molecule is O=C(O)c1c(O)c(F)cc(I)c1Cl. The molecule has 0 atom stereocenters. The molecule has 0 amide bonds. The smallest absolute Gasteiger partial charge is 0.341 e.